The molecule has 1 rings (SSSR count). The lowest BCUT2D eigenvalue weighted by Crippen LogP contribution is -2.23. The van der Waals surface area contributed by atoms with Crippen molar-refractivity contribution in [2.75, 3.05) is 30.8 Å². The first-order valence-corrected chi connectivity index (χ1v) is 4.51. The Kier molecular flexibility index (Phi) is 3.51. The molecule has 0 fully saturated rings. The molecule has 0 aliphatic rings. The van der Waals surface area contributed by atoms with Gasteiger partial charge in [0, 0.05) is 19.3 Å². The van der Waals surface area contributed by atoms with Gasteiger partial charge in [-0.3, -0.25) is 0 Å². The smallest absolute Gasteiger partial charge is 0.337 e. The zero-order valence-corrected chi connectivity index (χ0v) is 8.47. The van der Waals surface area contributed by atoms with Gasteiger partial charge in [0.15, 0.2) is 0 Å². The lowest BCUT2D eigenvalue weighted by molar-refractivity contribution is 0.0697. The molecular weight excluding hydrogens is 196 g/mol. The van der Waals surface area contributed by atoms with E-state index in [1.807, 2.05) is 0 Å². The van der Waals surface area contributed by atoms with Gasteiger partial charge in [-0.25, -0.2) is 4.79 Å². The van der Waals surface area contributed by atoms with Gasteiger partial charge in [0.2, 0.25) is 0 Å². The van der Waals surface area contributed by atoms with Crippen LogP contribution in [0.3, 0.4) is 0 Å². The lowest BCUT2D eigenvalue weighted by Gasteiger charge is -2.20. The minimum atomic E-state index is -1.03. The molecule has 0 aromatic heterocycles. The summed E-state index contributed by atoms with van der Waals surface area (Å²) in [5.74, 6) is -1.03. The van der Waals surface area contributed by atoms with Gasteiger partial charge in [0.05, 0.1) is 17.9 Å². The van der Waals surface area contributed by atoms with Crippen molar-refractivity contribution in [3.05, 3.63) is 23.8 Å². The number of carboxylic acids is 1. The molecule has 0 amide bonds. The number of hydrogen-bond donors (Lipinski definition) is 3. The Bertz CT molecular complexity index is 366. The average molecular weight is 210 g/mol. The number of nitrogen functional groups attached to an aromatic ring is 1. The number of nitrogens with two attached hydrogens (primary N) is 1. The molecule has 0 unspecified atom stereocenters. The van der Waals surface area contributed by atoms with Crippen LogP contribution in [0.25, 0.3) is 0 Å². The first-order chi connectivity index (χ1) is 7.06. The highest BCUT2D eigenvalue weighted by molar-refractivity contribution is 5.95. The van der Waals surface area contributed by atoms with Crippen LogP contribution < -0.4 is 10.6 Å². The number of likely N-dealkylation sites (N-methyl/N-ethyl adjacent to an activating group) is 1. The van der Waals surface area contributed by atoms with Crippen molar-refractivity contribution in [2.45, 2.75) is 0 Å². The maximum absolute atomic E-state index is 10.9. The number of aromatic carboxylic acids is 1. The number of aliphatic hydroxyl groups is 1. The number of carboxylic acid groups (broad SMARTS) is 1. The number of benzene rings is 1. The van der Waals surface area contributed by atoms with Crippen LogP contribution in [-0.4, -0.2) is 36.4 Å². The number of nitrogens with zero attached hydrogens (tertiary/aromatic N) is 1. The Morgan fingerprint density at radius 2 is 2.20 bits per heavy atom. The van der Waals surface area contributed by atoms with Crippen molar-refractivity contribution in [3.8, 4) is 0 Å². The Hall–Kier alpha value is -1.75. The molecule has 5 nitrogen and oxygen atoms in total. The van der Waals surface area contributed by atoms with Crippen LogP contribution in [0.2, 0.25) is 0 Å². The van der Waals surface area contributed by atoms with Gasteiger partial charge < -0.3 is 20.8 Å². The van der Waals surface area contributed by atoms with Gasteiger partial charge in [-0.2, -0.15) is 0 Å². The second kappa shape index (κ2) is 4.65. The highest BCUT2D eigenvalue weighted by Gasteiger charge is 2.13. The van der Waals surface area contributed by atoms with Gasteiger partial charge in [-0.05, 0) is 18.2 Å². The molecule has 15 heavy (non-hydrogen) atoms. The van der Waals surface area contributed by atoms with E-state index in [1.54, 1.807) is 24.1 Å². The first-order valence-electron chi connectivity index (χ1n) is 4.51. The summed E-state index contributed by atoms with van der Waals surface area (Å²) in [5, 5.41) is 17.7. The van der Waals surface area contributed by atoms with Crippen LogP contribution in [-0.2, 0) is 0 Å². The predicted molar refractivity (Wildman–Crippen MR) is 58.2 cm³/mol. The van der Waals surface area contributed by atoms with Crippen molar-refractivity contribution in [1.29, 1.82) is 0 Å². The molecule has 1 aromatic rings. The monoisotopic (exact) mass is 210 g/mol. The maximum Gasteiger partial charge on any atom is 0.337 e. The van der Waals surface area contributed by atoms with E-state index in [0.29, 0.717) is 17.9 Å². The van der Waals surface area contributed by atoms with Crippen molar-refractivity contribution in [2.24, 2.45) is 0 Å². The topological polar surface area (TPSA) is 86.8 Å². The SMILES string of the molecule is CN(CCO)c1ccc(N)cc1C(=O)O. The summed E-state index contributed by atoms with van der Waals surface area (Å²) in [4.78, 5) is 12.6. The highest BCUT2D eigenvalue weighted by atomic mass is 16.4. The fraction of sp³-hybridized carbons (Fsp3) is 0.300. The molecule has 82 valence electrons. The van der Waals surface area contributed by atoms with Gasteiger partial charge in [0.25, 0.3) is 0 Å². The van der Waals surface area contributed by atoms with E-state index in [4.69, 9.17) is 15.9 Å². The van der Waals surface area contributed by atoms with Crippen LogP contribution in [0.4, 0.5) is 11.4 Å². The second-order valence-electron chi connectivity index (χ2n) is 3.23. The van der Waals surface area contributed by atoms with E-state index >= 15 is 0 Å². The van der Waals surface area contributed by atoms with Gasteiger partial charge in [-0.15, -0.1) is 0 Å². The molecule has 0 bridgehead atoms. The summed E-state index contributed by atoms with van der Waals surface area (Å²) >= 11 is 0. The van der Waals surface area contributed by atoms with Crippen molar-refractivity contribution >= 4 is 17.3 Å². The van der Waals surface area contributed by atoms with Crippen LogP contribution in [0.15, 0.2) is 18.2 Å². The summed E-state index contributed by atoms with van der Waals surface area (Å²) in [6.45, 7) is 0.351. The number of carbonyl (C=O) groups is 1. The largest absolute Gasteiger partial charge is 0.478 e. The van der Waals surface area contributed by atoms with Crippen molar-refractivity contribution in [1.82, 2.24) is 0 Å². The Morgan fingerprint density at radius 1 is 1.53 bits per heavy atom. The predicted octanol–water partition coefficient (Wildman–Crippen LogP) is 0.395. The highest BCUT2D eigenvalue weighted by Crippen LogP contribution is 2.21. The maximum atomic E-state index is 10.9. The molecule has 0 radical (unpaired) electrons. The summed E-state index contributed by atoms with van der Waals surface area (Å²) in [5.41, 5.74) is 6.61. The molecular formula is C10H14N2O3. The fourth-order valence-electron chi connectivity index (χ4n) is 1.33. The average Bonchev–Trinajstić information content (AvgIpc) is 2.17. The standard InChI is InChI=1S/C10H14N2O3/c1-12(4-5-13)9-3-2-7(11)6-8(9)10(14)15/h2-3,6,13H,4-5,11H2,1H3,(H,14,15). The summed E-state index contributed by atoms with van der Waals surface area (Å²) in [7, 11) is 1.72. The third kappa shape index (κ3) is 2.60. The minimum absolute atomic E-state index is 0.0278. The molecule has 0 spiro atoms. The molecule has 4 N–H and O–H groups in total. The minimum Gasteiger partial charge on any atom is -0.478 e. The lowest BCUT2D eigenvalue weighted by atomic mass is 10.1. The second-order valence-corrected chi connectivity index (χ2v) is 3.23. The van der Waals surface area contributed by atoms with E-state index in [-0.39, 0.29) is 12.2 Å². The molecule has 0 aliphatic heterocycles. The van der Waals surface area contributed by atoms with E-state index in [9.17, 15) is 4.79 Å². The normalized spacial score (nSPS) is 10.0. The van der Waals surface area contributed by atoms with E-state index < -0.39 is 5.97 Å². The zero-order chi connectivity index (χ0) is 11.4. The van der Waals surface area contributed by atoms with Gasteiger partial charge in [0.1, 0.15) is 0 Å². The number of rotatable bonds is 4. The fourth-order valence-corrected chi connectivity index (χ4v) is 1.33. The quantitative estimate of drug-likeness (QED) is 0.626. The molecule has 0 atom stereocenters. The summed E-state index contributed by atoms with van der Waals surface area (Å²) < 4.78 is 0. The van der Waals surface area contributed by atoms with Crippen molar-refractivity contribution in [3.63, 3.8) is 0 Å². The first kappa shape index (κ1) is 11.3. The van der Waals surface area contributed by atoms with E-state index in [0.717, 1.165) is 0 Å². The Labute approximate surface area is 87.7 Å². The third-order valence-corrected chi connectivity index (χ3v) is 2.10. The number of aliphatic hydroxyl groups excluding tert-OH is 1. The molecule has 1 aromatic carbocycles. The van der Waals surface area contributed by atoms with Crippen LogP contribution in [0, 0.1) is 0 Å². The third-order valence-electron chi connectivity index (χ3n) is 2.10. The molecule has 0 saturated heterocycles. The summed E-state index contributed by atoms with van der Waals surface area (Å²) in [6, 6.07) is 4.68. The van der Waals surface area contributed by atoms with Crippen LogP contribution in [0.5, 0.6) is 0 Å². The molecule has 0 heterocycles. The summed E-state index contributed by atoms with van der Waals surface area (Å²) in [6.07, 6.45) is 0. The van der Waals surface area contributed by atoms with Gasteiger partial charge >= 0.3 is 5.97 Å². The van der Waals surface area contributed by atoms with Crippen LogP contribution in [0.1, 0.15) is 10.4 Å². The zero-order valence-electron chi connectivity index (χ0n) is 8.47. The Balaban J connectivity index is 3.10. The van der Waals surface area contributed by atoms with E-state index in [1.165, 1.54) is 6.07 Å². The molecule has 5 heteroatoms. The number of anilines is 2. The molecule has 0 saturated carbocycles. The van der Waals surface area contributed by atoms with Crippen molar-refractivity contribution < 1.29 is 15.0 Å². The van der Waals surface area contributed by atoms with E-state index in [2.05, 4.69) is 0 Å². The molecule has 0 aliphatic carbocycles. The van der Waals surface area contributed by atoms with Crippen LogP contribution >= 0.6 is 0 Å². The Morgan fingerprint density at radius 3 is 2.73 bits per heavy atom. The number of hydrogen-bond acceptors (Lipinski definition) is 4. The van der Waals surface area contributed by atoms with Gasteiger partial charge in [-0.1, -0.05) is 0 Å².